The molecule has 1 fully saturated rings. The molecule has 2 aromatic heterocycles. The van der Waals surface area contributed by atoms with E-state index in [1.54, 1.807) is 29.0 Å². The van der Waals surface area contributed by atoms with Crippen LogP contribution in [-0.2, 0) is 16.6 Å². The lowest BCUT2D eigenvalue weighted by Gasteiger charge is -2.24. The lowest BCUT2D eigenvalue weighted by atomic mass is 10.2. The van der Waals surface area contributed by atoms with Crippen LogP contribution in [0.25, 0.3) is 11.2 Å². The fourth-order valence-corrected chi connectivity index (χ4v) is 5.01. The van der Waals surface area contributed by atoms with Crippen LogP contribution in [0.15, 0.2) is 48.0 Å². The zero-order valence-corrected chi connectivity index (χ0v) is 14.7. The third-order valence-electron chi connectivity index (χ3n) is 4.64. The summed E-state index contributed by atoms with van der Waals surface area (Å²) >= 11 is 0. The number of sulfonamides is 1. The predicted octanol–water partition coefficient (Wildman–Crippen LogP) is 1.99. The molecule has 0 saturated carbocycles. The van der Waals surface area contributed by atoms with Crippen molar-refractivity contribution in [1.82, 2.24) is 23.8 Å². The minimum absolute atomic E-state index is 0.0985. The lowest BCUT2D eigenvalue weighted by Crippen LogP contribution is -2.38. The summed E-state index contributed by atoms with van der Waals surface area (Å²) in [7, 11) is -3.49. The summed E-state index contributed by atoms with van der Waals surface area (Å²) in [4.78, 5) is 12.9. The van der Waals surface area contributed by atoms with Gasteiger partial charge in [0.05, 0.1) is 17.4 Å². The maximum absolute atomic E-state index is 13.0. The summed E-state index contributed by atoms with van der Waals surface area (Å²) in [5.74, 6) is 0. The van der Waals surface area contributed by atoms with Gasteiger partial charge in [-0.2, -0.15) is 4.31 Å². The maximum Gasteiger partial charge on any atom is 0.243 e. The first-order valence-corrected chi connectivity index (χ1v) is 9.69. The molecule has 7 nitrogen and oxygen atoms in total. The first-order chi connectivity index (χ1) is 12.1. The molecule has 0 radical (unpaired) electrons. The van der Waals surface area contributed by atoms with Gasteiger partial charge in [0, 0.05) is 19.1 Å². The third-order valence-corrected chi connectivity index (χ3v) is 6.61. The second kappa shape index (κ2) is 6.20. The van der Waals surface area contributed by atoms with Crippen molar-refractivity contribution in [2.24, 2.45) is 0 Å². The predicted molar refractivity (Wildman–Crippen MR) is 93.4 cm³/mol. The number of benzene rings is 1. The van der Waals surface area contributed by atoms with E-state index in [0.29, 0.717) is 23.5 Å². The molecule has 1 aromatic carbocycles. The van der Waals surface area contributed by atoms with E-state index in [1.165, 1.54) is 6.33 Å². The van der Waals surface area contributed by atoms with E-state index >= 15 is 0 Å². The average molecular weight is 357 g/mol. The Morgan fingerprint density at radius 3 is 2.80 bits per heavy atom. The normalized spacial score (nSPS) is 18.8. The number of fused-ring (bicyclic) bond motifs is 1. The highest BCUT2D eigenvalue weighted by atomic mass is 32.2. The molecule has 1 saturated heterocycles. The molecule has 1 aliphatic heterocycles. The molecule has 0 amide bonds. The van der Waals surface area contributed by atoms with E-state index in [1.807, 2.05) is 23.6 Å². The second-order valence-electron chi connectivity index (χ2n) is 6.35. The molecule has 0 aliphatic carbocycles. The van der Waals surface area contributed by atoms with Crippen LogP contribution in [0.1, 0.15) is 18.4 Å². The zero-order chi connectivity index (χ0) is 17.4. The van der Waals surface area contributed by atoms with Crippen LogP contribution < -0.4 is 0 Å². The average Bonchev–Trinajstić information content (AvgIpc) is 3.24. The highest BCUT2D eigenvalue weighted by Gasteiger charge is 2.35. The molecule has 3 heterocycles. The fraction of sp³-hybridized carbons (Fsp3) is 0.353. The Balaban J connectivity index is 1.63. The Labute approximate surface area is 146 Å². The summed E-state index contributed by atoms with van der Waals surface area (Å²) in [6.45, 7) is 3.03. The smallest absolute Gasteiger partial charge is 0.243 e. The van der Waals surface area contributed by atoms with E-state index in [4.69, 9.17) is 0 Å². The summed E-state index contributed by atoms with van der Waals surface area (Å²) in [6, 6.07) is 6.93. The summed E-state index contributed by atoms with van der Waals surface area (Å²) in [6.07, 6.45) is 6.53. The summed E-state index contributed by atoms with van der Waals surface area (Å²) < 4.78 is 29.6. The Morgan fingerprint density at radius 2 is 2.00 bits per heavy atom. The number of aryl methyl sites for hydroxylation is 1. The van der Waals surface area contributed by atoms with Gasteiger partial charge >= 0.3 is 0 Å². The van der Waals surface area contributed by atoms with Gasteiger partial charge < -0.3 is 4.57 Å². The number of rotatable bonds is 4. The van der Waals surface area contributed by atoms with Crippen molar-refractivity contribution < 1.29 is 8.42 Å². The molecule has 3 aromatic rings. The number of aromatic nitrogens is 4. The molecular formula is C17H19N5O2S. The van der Waals surface area contributed by atoms with Crippen molar-refractivity contribution in [3.63, 3.8) is 0 Å². The van der Waals surface area contributed by atoms with Crippen molar-refractivity contribution in [3.05, 3.63) is 48.7 Å². The Hall–Kier alpha value is -2.32. The van der Waals surface area contributed by atoms with Crippen molar-refractivity contribution in [2.75, 3.05) is 6.54 Å². The Bertz CT molecular complexity index is 997. The van der Waals surface area contributed by atoms with Gasteiger partial charge in [-0.05, 0) is 31.9 Å². The van der Waals surface area contributed by atoms with Crippen molar-refractivity contribution in [3.8, 4) is 0 Å². The molecule has 0 bridgehead atoms. The zero-order valence-electron chi connectivity index (χ0n) is 13.9. The van der Waals surface area contributed by atoms with Gasteiger partial charge in [0.25, 0.3) is 0 Å². The van der Waals surface area contributed by atoms with Crippen LogP contribution in [-0.4, -0.2) is 44.8 Å². The van der Waals surface area contributed by atoms with E-state index in [9.17, 15) is 8.42 Å². The fourth-order valence-electron chi connectivity index (χ4n) is 3.33. The largest absolute Gasteiger partial charge is 0.314 e. The first-order valence-electron chi connectivity index (χ1n) is 8.25. The monoisotopic (exact) mass is 357 g/mol. The summed E-state index contributed by atoms with van der Waals surface area (Å²) in [5, 5.41) is 0. The van der Waals surface area contributed by atoms with Crippen LogP contribution in [0.4, 0.5) is 0 Å². The molecule has 8 heteroatoms. The van der Waals surface area contributed by atoms with Crippen LogP contribution >= 0.6 is 0 Å². The van der Waals surface area contributed by atoms with Crippen molar-refractivity contribution in [2.45, 2.75) is 37.2 Å². The second-order valence-corrected chi connectivity index (χ2v) is 8.24. The number of hydrogen-bond acceptors (Lipinski definition) is 5. The van der Waals surface area contributed by atoms with Gasteiger partial charge in [0.2, 0.25) is 10.0 Å². The van der Waals surface area contributed by atoms with E-state index in [2.05, 4.69) is 15.0 Å². The van der Waals surface area contributed by atoms with Gasteiger partial charge in [-0.3, -0.25) is 0 Å². The third kappa shape index (κ3) is 2.91. The molecule has 0 unspecified atom stereocenters. The van der Waals surface area contributed by atoms with Gasteiger partial charge in [0.15, 0.2) is 5.65 Å². The highest BCUT2D eigenvalue weighted by Crippen LogP contribution is 2.27. The minimum Gasteiger partial charge on any atom is -0.314 e. The molecular weight excluding hydrogens is 338 g/mol. The first kappa shape index (κ1) is 16.2. The van der Waals surface area contributed by atoms with E-state index in [-0.39, 0.29) is 6.04 Å². The molecule has 4 rings (SSSR count). The highest BCUT2D eigenvalue weighted by molar-refractivity contribution is 7.89. The molecule has 1 aliphatic rings. The number of imidazole rings is 1. The minimum atomic E-state index is -3.49. The molecule has 25 heavy (non-hydrogen) atoms. The van der Waals surface area contributed by atoms with Gasteiger partial charge in [-0.1, -0.05) is 17.7 Å². The number of hydrogen-bond donors (Lipinski definition) is 0. The van der Waals surface area contributed by atoms with Crippen molar-refractivity contribution >= 4 is 21.2 Å². The Kier molecular flexibility index (Phi) is 4.01. The van der Waals surface area contributed by atoms with Crippen LogP contribution in [0.5, 0.6) is 0 Å². The van der Waals surface area contributed by atoms with Gasteiger partial charge in [-0.25, -0.2) is 23.4 Å². The van der Waals surface area contributed by atoms with Crippen molar-refractivity contribution in [1.29, 1.82) is 0 Å². The maximum atomic E-state index is 13.0. The number of nitrogens with zero attached hydrogens (tertiary/aromatic N) is 5. The molecule has 1 atom stereocenters. The summed E-state index contributed by atoms with van der Waals surface area (Å²) in [5.41, 5.74) is 2.49. The van der Waals surface area contributed by atoms with E-state index in [0.717, 1.165) is 24.1 Å². The lowest BCUT2D eigenvalue weighted by molar-refractivity contribution is 0.354. The Morgan fingerprint density at radius 1 is 1.20 bits per heavy atom. The molecule has 0 spiro atoms. The molecule has 0 N–H and O–H groups in total. The standard InChI is InChI=1S/C17H19N5O2S/c1-13-4-6-15(7-5-13)25(23,24)22-8-2-3-14(22)10-21-12-20-16-9-18-11-19-17(16)21/h4-7,9,11-12,14H,2-3,8,10H2,1H3/t14-/m1/s1. The van der Waals surface area contributed by atoms with Crippen LogP contribution in [0.3, 0.4) is 0 Å². The van der Waals surface area contributed by atoms with Gasteiger partial charge in [-0.15, -0.1) is 0 Å². The topological polar surface area (TPSA) is 81.0 Å². The molecule has 130 valence electrons. The van der Waals surface area contributed by atoms with E-state index < -0.39 is 10.0 Å². The van der Waals surface area contributed by atoms with Crippen LogP contribution in [0, 0.1) is 6.92 Å². The quantitative estimate of drug-likeness (QED) is 0.713. The van der Waals surface area contributed by atoms with Crippen LogP contribution in [0.2, 0.25) is 0 Å². The SMILES string of the molecule is Cc1ccc(S(=O)(=O)N2CCC[C@@H]2Cn2cnc3cncnc32)cc1. The van der Waals surface area contributed by atoms with Gasteiger partial charge in [0.1, 0.15) is 11.8 Å².